The zero-order valence-corrected chi connectivity index (χ0v) is 12.5. The molecule has 6 nitrogen and oxygen atoms in total. The first-order valence-electron chi connectivity index (χ1n) is 7.28. The fraction of sp³-hybridized carbons (Fsp3) is 0.118. The summed E-state index contributed by atoms with van der Waals surface area (Å²) in [6, 6.07) is 15.5. The largest absolute Gasteiger partial charge is 0.435 e. The van der Waals surface area contributed by atoms with Crippen molar-refractivity contribution in [1.29, 1.82) is 0 Å². The summed E-state index contributed by atoms with van der Waals surface area (Å²) in [5.41, 5.74) is 2.92. The van der Waals surface area contributed by atoms with Gasteiger partial charge in [0.2, 0.25) is 5.69 Å². The van der Waals surface area contributed by atoms with Gasteiger partial charge in [0.05, 0.1) is 12.2 Å². The lowest BCUT2D eigenvalue weighted by Crippen LogP contribution is -2.11. The summed E-state index contributed by atoms with van der Waals surface area (Å²) in [6.07, 6.45) is 0. The zero-order chi connectivity index (χ0) is 15.8. The molecule has 0 spiro atoms. The minimum atomic E-state index is -0.316. The second kappa shape index (κ2) is 5.24. The van der Waals surface area contributed by atoms with Crippen LogP contribution >= 0.6 is 0 Å². The monoisotopic (exact) mass is 306 g/mol. The topological polar surface area (TPSA) is 69.0 Å². The van der Waals surface area contributed by atoms with Gasteiger partial charge in [-0.25, -0.2) is 4.68 Å². The predicted octanol–water partition coefficient (Wildman–Crippen LogP) is 2.99. The van der Waals surface area contributed by atoms with Crippen LogP contribution in [0.2, 0.25) is 0 Å². The van der Waals surface area contributed by atoms with Crippen molar-refractivity contribution in [2.24, 2.45) is 0 Å². The Bertz CT molecular complexity index is 887. The second-order valence-electron chi connectivity index (χ2n) is 5.44. The maximum atomic E-state index is 12.3. The normalized spacial score (nSPS) is 12.7. The molecular weight excluding hydrogens is 292 g/mol. The molecule has 1 amide bonds. The van der Waals surface area contributed by atoms with E-state index in [1.165, 1.54) is 0 Å². The third-order valence-corrected chi connectivity index (χ3v) is 3.67. The lowest BCUT2D eigenvalue weighted by molar-refractivity contribution is 0.102. The predicted molar refractivity (Wildman–Crippen MR) is 84.8 cm³/mol. The van der Waals surface area contributed by atoms with Crippen LogP contribution in [0.15, 0.2) is 48.5 Å². The number of fused-ring (bicyclic) bond motifs is 2. The molecule has 1 aliphatic heterocycles. The molecule has 0 saturated heterocycles. The first-order valence-corrected chi connectivity index (χ1v) is 7.28. The summed E-state index contributed by atoms with van der Waals surface area (Å²) in [7, 11) is 0. The van der Waals surface area contributed by atoms with E-state index in [1.54, 1.807) is 4.68 Å². The van der Waals surface area contributed by atoms with E-state index >= 15 is 0 Å². The fourth-order valence-electron chi connectivity index (χ4n) is 2.52. The smallest absolute Gasteiger partial charge is 0.282 e. The van der Waals surface area contributed by atoms with E-state index in [4.69, 9.17) is 4.74 Å². The summed E-state index contributed by atoms with van der Waals surface area (Å²) in [5, 5.41) is 10.8. The highest BCUT2D eigenvalue weighted by Crippen LogP contribution is 2.35. The Morgan fingerprint density at radius 1 is 1.17 bits per heavy atom. The van der Waals surface area contributed by atoms with Crippen molar-refractivity contribution in [3.8, 4) is 11.6 Å². The molecular formula is C17H14N4O2. The number of amides is 1. The van der Waals surface area contributed by atoms with Crippen LogP contribution in [0.25, 0.3) is 0 Å². The van der Waals surface area contributed by atoms with E-state index < -0.39 is 0 Å². The number of anilines is 1. The molecule has 0 unspecified atom stereocenters. The summed E-state index contributed by atoms with van der Waals surface area (Å²) in [6.45, 7) is 2.44. The van der Waals surface area contributed by atoms with Crippen LogP contribution in [0.3, 0.4) is 0 Å². The van der Waals surface area contributed by atoms with Gasteiger partial charge in [-0.05, 0) is 30.2 Å². The molecule has 1 aromatic heterocycles. The highest BCUT2D eigenvalue weighted by Gasteiger charge is 2.27. The quantitative estimate of drug-likeness (QED) is 0.790. The van der Waals surface area contributed by atoms with Gasteiger partial charge in [0.25, 0.3) is 11.8 Å². The molecule has 1 N–H and O–H groups in total. The molecule has 0 saturated carbocycles. The van der Waals surface area contributed by atoms with E-state index in [0.717, 1.165) is 11.1 Å². The number of carbonyl (C=O) groups is 1. The van der Waals surface area contributed by atoms with Crippen LogP contribution in [0, 0.1) is 6.92 Å². The second-order valence-corrected chi connectivity index (χ2v) is 5.44. The minimum Gasteiger partial charge on any atom is -0.435 e. The van der Waals surface area contributed by atoms with E-state index in [1.807, 2.05) is 55.5 Å². The summed E-state index contributed by atoms with van der Waals surface area (Å²) < 4.78 is 7.52. The molecule has 4 rings (SSSR count). The van der Waals surface area contributed by atoms with Gasteiger partial charge in [-0.3, -0.25) is 4.79 Å². The summed E-state index contributed by atoms with van der Waals surface area (Å²) >= 11 is 0. The molecule has 6 heteroatoms. The maximum Gasteiger partial charge on any atom is 0.282 e. The van der Waals surface area contributed by atoms with Crippen molar-refractivity contribution in [2.75, 3.05) is 5.32 Å². The zero-order valence-electron chi connectivity index (χ0n) is 12.5. The van der Waals surface area contributed by atoms with Crippen molar-refractivity contribution in [3.63, 3.8) is 0 Å². The molecule has 23 heavy (non-hydrogen) atoms. The molecule has 0 aliphatic carbocycles. The van der Waals surface area contributed by atoms with Gasteiger partial charge in [0.15, 0.2) is 5.75 Å². The van der Waals surface area contributed by atoms with Gasteiger partial charge in [0, 0.05) is 0 Å². The highest BCUT2D eigenvalue weighted by molar-refractivity contribution is 6.06. The number of hydrogen-bond donors (Lipinski definition) is 1. The third kappa shape index (κ3) is 2.44. The Balaban J connectivity index is 1.75. The SMILES string of the molecule is Cc1ccc2c(c1)NC(=O)c1nnn(Cc3ccccc3)c1O2. The number of aryl methyl sites for hydroxylation is 1. The van der Waals surface area contributed by atoms with Gasteiger partial charge < -0.3 is 10.1 Å². The number of carbonyl (C=O) groups excluding carboxylic acids is 1. The van der Waals surface area contributed by atoms with E-state index in [-0.39, 0.29) is 11.6 Å². The summed E-state index contributed by atoms with van der Waals surface area (Å²) in [4.78, 5) is 12.3. The van der Waals surface area contributed by atoms with Crippen molar-refractivity contribution in [3.05, 3.63) is 65.4 Å². The minimum absolute atomic E-state index is 0.190. The molecule has 0 atom stereocenters. The lowest BCUT2D eigenvalue weighted by atomic mass is 10.2. The fourth-order valence-corrected chi connectivity index (χ4v) is 2.52. The summed E-state index contributed by atoms with van der Waals surface area (Å²) in [5.74, 6) is 0.622. The average Bonchev–Trinajstić information content (AvgIpc) is 2.87. The standard InChI is InChI=1S/C17H14N4O2/c1-11-7-8-14-13(9-11)18-16(22)15-17(23-14)21(20-19-15)10-12-5-3-2-4-6-12/h2-9H,10H2,1H3,(H,18,22). The van der Waals surface area contributed by atoms with Crippen molar-refractivity contribution < 1.29 is 9.53 Å². The Kier molecular flexibility index (Phi) is 3.08. The molecule has 3 aromatic rings. The average molecular weight is 306 g/mol. The van der Waals surface area contributed by atoms with Gasteiger partial charge in [-0.2, -0.15) is 0 Å². The van der Waals surface area contributed by atoms with Gasteiger partial charge in [-0.15, -0.1) is 5.10 Å². The van der Waals surface area contributed by atoms with Crippen molar-refractivity contribution in [1.82, 2.24) is 15.0 Å². The number of benzene rings is 2. The van der Waals surface area contributed by atoms with Crippen LogP contribution in [0.1, 0.15) is 21.6 Å². The van der Waals surface area contributed by atoms with Crippen LogP contribution in [-0.2, 0) is 6.54 Å². The number of ether oxygens (including phenoxy) is 1. The molecule has 0 bridgehead atoms. The van der Waals surface area contributed by atoms with E-state index in [2.05, 4.69) is 15.6 Å². The van der Waals surface area contributed by atoms with Gasteiger partial charge in [-0.1, -0.05) is 41.6 Å². The third-order valence-electron chi connectivity index (χ3n) is 3.67. The van der Waals surface area contributed by atoms with E-state index in [9.17, 15) is 4.79 Å². The van der Waals surface area contributed by atoms with Crippen LogP contribution < -0.4 is 10.1 Å². The number of nitrogens with zero attached hydrogens (tertiary/aromatic N) is 3. The van der Waals surface area contributed by atoms with Crippen LogP contribution in [-0.4, -0.2) is 20.9 Å². The van der Waals surface area contributed by atoms with Crippen LogP contribution in [0.4, 0.5) is 5.69 Å². The Labute approximate surface area is 132 Å². The van der Waals surface area contributed by atoms with E-state index in [0.29, 0.717) is 23.9 Å². The first-order chi connectivity index (χ1) is 11.2. The van der Waals surface area contributed by atoms with Crippen molar-refractivity contribution in [2.45, 2.75) is 13.5 Å². The van der Waals surface area contributed by atoms with Crippen LogP contribution in [0.5, 0.6) is 11.6 Å². The highest BCUT2D eigenvalue weighted by atomic mass is 16.5. The Morgan fingerprint density at radius 3 is 2.83 bits per heavy atom. The Morgan fingerprint density at radius 2 is 2.00 bits per heavy atom. The van der Waals surface area contributed by atoms with Gasteiger partial charge >= 0.3 is 0 Å². The van der Waals surface area contributed by atoms with Gasteiger partial charge in [0.1, 0.15) is 0 Å². The Hall–Kier alpha value is -3.15. The van der Waals surface area contributed by atoms with Crippen molar-refractivity contribution >= 4 is 11.6 Å². The molecule has 2 aromatic carbocycles. The number of hydrogen-bond acceptors (Lipinski definition) is 4. The first kappa shape index (κ1) is 13.5. The molecule has 2 heterocycles. The number of aromatic nitrogens is 3. The lowest BCUT2D eigenvalue weighted by Gasteiger charge is -2.09. The maximum absolute atomic E-state index is 12.3. The molecule has 1 aliphatic rings. The molecule has 0 radical (unpaired) electrons. The number of rotatable bonds is 2. The molecule has 114 valence electrons. The number of nitrogens with one attached hydrogen (secondary N) is 1. The molecule has 0 fully saturated rings.